The van der Waals surface area contributed by atoms with Crippen molar-refractivity contribution in [1.82, 2.24) is 9.55 Å². The van der Waals surface area contributed by atoms with Gasteiger partial charge in [-0.25, -0.2) is 4.98 Å². The summed E-state index contributed by atoms with van der Waals surface area (Å²) >= 11 is 0. The molecule has 52 heavy (non-hydrogen) atoms. The highest BCUT2D eigenvalue weighted by Gasteiger charge is 2.26. The number of oxazole rings is 1. The highest BCUT2D eigenvalue weighted by molar-refractivity contribution is 6.25. The lowest BCUT2D eigenvalue weighted by molar-refractivity contribution is 0.620. The van der Waals surface area contributed by atoms with E-state index in [4.69, 9.17) is 13.8 Å². The molecule has 11 aromatic rings. The minimum absolute atomic E-state index is 0.583. The van der Waals surface area contributed by atoms with Crippen molar-refractivity contribution in [3.8, 4) is 17.1 Å². The molecule has 0 aliphatic carbocycles. The Morgan fingerprint density at radius 3 is 2.08 bits per heavy atom. The Morgan fingerprint density at radius 1 is 0.500 bits per heavy atom. The number of benzene rings is 8. The standard InChI is InChI=1S/C47H29N3O2/c1-3-14-30(15-4-1)47-48-38-22-13-24-40(46(38)52-47)49(33-26-27-36-35-20-10-12-25-42(35)51-43(36)29-33)41-28-31-16-7-8-19-34(31)45-44(41)37-21-9-11-23-39(37)50(45)32-17-5-2-6-18-32/h1-29H. The van der Waals surface area contributed by atoms with Gasteiger partial charge in [-0.1, -0.05) is 103 Å². The maximum absolute atomic E-state index is 6.72. The smallest absolute Gasteiger partial charge is 0.227 e. The largest absolute Gasteiger partial charge is 0.456 e. The van der Waals surface area contributed by atoms with Gasteiger partial charge in [-0.3, -0.25) is 0 Å². The summed E-state index contributed by atoms with van der Waals surface area (Å²) in [5, 5.41) is 6.79. The molecule has 5 heteroatoms. The van der Waals surface area contributed by atoms with Crippen molar-refractivity contribution in [1.29, 1.82) is 0 Å². The van der Waals surface area contributed by atoms with Crippen LogP contribution in [-0.2, 0) is 0 Å². The number of fused-ring (bicyclic) bond motifs is 9. The molecule has 0 bridgehead atoms. The van der Waals surface area contributed by atoms with Crippen LogP contribution in [0.3, 0.4) is 0 Å². The van der Waals surface area contributed by atoms with Crippen LogP contribution in [0, 0.1) is 0 Å². The van der Waals surface area contributed by atoms with Gasteiger partial charge in [-0.05, 0) is 72.1 Å². The lowest BCUT2D eigenvalue weighted by Gasteiger charge is -2.27. The van der Waals surface area contributed by atoms with Crippen LogP contribution in [0.1, 0.15) is 0 Å². The van der Waals surface area contributed by atoms with E-state index in [1.165, 1.54) is 5.39 Å². The Kier molecular flexibility index (Phi) is 6.18. The van der Waals surface area contributed by atoms with Gasteiger partial charge >= 0.3 is 0 Å². The predicted molar refractivity (Wildman–Crippen MR) is 213 cm³/mol. The molecule has 0 fully saturated rings. The van der Waals surface area contributed by atoms with Gasteiger partial charge in [-0.2, -0.15) is 0 Å². The maximum Gasteiger partial charge on any atom is 0.227 e. The summed E-state index contributed by atoms with van der Waals surface area (Å²) in [6.07, 6.45) is 0. The third-order valence-electron chi connectivity index (χ3n) is 10.2. The van der Waals surface area contributed by atoms with Gasteiger partial charge in [0.1, 0.15) is 16.7 Å². The first-order valence-corrected chi connectivity index (χ1v) is 17.5. The Morgan fingerprint density at radius 2 is 1.21 bits per heavy atom. The first-order valence-electron chi connectivity index (χ1n) is 17.5. The van der Waals surface area contributed by atoms with E-state index in [1.807, 2.05) is 48.5 Å². The summed E-state index contributed by atoms with van der Waals surface area (Å²) in [5.41, 5.74) is 10.4. The molecule has 3 aromatic heterocycles. The zero-order valence-electron chi connectivity index (χ0n) is 27.9. The molecule has 0 aliphatic heterocycles. The molecule has 5 nitrogen and oxygen atoms in total. The van der Waals surface area contributed by atoms with Crippen molar-refractivity contribution in [2.45, 2.75) is 0 Å². The minimum Gasteiger partial charge on any atom is -0.456 e. The Hall–Kier alpha value is -7.11. The van der Waals surface area contributed by atoms with Crippen LogP contribution in [0.2, 0.25) is 0 Å². The number of hydrogen-bond donors (Lipinski definition) is 0. The maximum atomic E-state index is 6.72. The van der Waals surface area contributed by atoms with Crippen LogP contribution in [0.25, 0.3) is 82.8 Å². The molecule has 3 heterocycles. The number of hydrogen-bond acceptors (Lipinski definition) is 4. The second-order valence-electron chi connectivity index (χ2n) is 13.2. The first-order chi connectivity index (χ1) is 25.8. The summed E-state index contributed by atoms with van der Waals surface area (Å²) in [6, 6.07) is 61.3. The van der Waals surface area contributed by atoms with Crippen molar-refractivity contribution in [3.05, 3.63) is 176 Å². The molecule has 244 valence electrons. The fourth-order valence-electron chi connectivity index (χ4n) is 7.91. The topological polar surface area (TPSA) is 47.3 Å². The lowest BCUT2D eigenvalue weighted by atomic mass is 10.0. The first kappa shape index (κ1) is 28.7. The number of para-hydroxylation sites is 4. The molecular formula is C47H29N3O2. The van der Waals surface area contributed by atoms with Gasteiger partial charge in [0.25, 0.3) is 0 Å². The second kappa shape index (κ2) is 11.2. The molecule has 0 radical (unpaired) electrons. The highest BCUT2D eigenvalue weighted by Crippen LogP contribution is 2.49. The fraction of sp³-hybridized carbons (Fsp3) is 0. The SMILES string of the molecule is c1ccc(-c2nc3cccc(N(c4ccc5c(c4)oc4ccccc45)c4cc5ccccc5c5c4c4ccccc4n5-c4ccccc4)c3o2)cc1. The zero-order valence-corrected chi connectivity index (χ0v) is 27.9. The van der Waals surface area contributed by atoms with Crippen molar-refractivity contribution in [3.63, 3.8) is 0 Å². The van der Waals surface area contributed by atoms with Crippen LogP contribution in [0.5, 0.6) is 0 Å². The Labute approximate surface area is 298 Å². The van der Waals surface area contributed by atoms with Crippen LogP contribution < -0.4 is 4.90 Å². The van der Waals surface area contributed by atoms with E-state index in [0.717, 1.165) is 83.0 Å². The van der Waals surface area contributed by atoms with E-state index in [-0.39, 0.29) is 0 Å². The van der Waals surface area contributed by atoms with Gasteiger partial charge in [-0.15, -0.1) is 0 Å². The summed E-state index contributed by atoms with van der Waals surface area (Å²) in [4.78, 5) is 7.31. The Bertz CT molecular complexity index is 3140. The number of furan rings is 1. The number of nitrogens with zero attached hydrogens (tertiary/aromatic N) is 3. The van der Waals surface area contributed by atoms with E-state index >= 15 is 0 Å². The highest BCUT2D eigenvalue weighted by atomic mass is 16.3. The number of rotatable bonds is 5. The van der Waals surface area contributed by atoms with Gasteiger partial charge in [0.05, 0.1) is 28.1 Å². The van der Waals surface area contributed by atoms with Crippen molar-refractivity contribution < 1.29 is 8.83 Å². The van der Waals surface area contributed by atoms with E-state index < -0.39 is 0 Å². The van der Waals surface area contributed by atoms with Crippen LogP contribution in [-0.4, -0.2) is 9.55 Å². The molecule has 0 N–H and O–H groups in total. The van der Waals surface area contributed by atoms with Crippen LogP contribution >= 0.6 is 0 Å². The van der Waals surface area contributed by atoms with Crippen molar-refractivity contribution in [2.24, 2.45) is 0 Å². The molecule has 0 amide bonds. The second-order valence-corrected chi connectivity index (χ2v) is 13.2. The quantitative estimate of drug-likeness (QED) is 0.183. The summed E-state index contributed by atoms with van der Waals surface area (Å²) in [5.74, 6) is 0.583. The lowest BCUT2D eigenvalue weighted by Crippen LogP contribution is -2.11. The molecular weight excluding hydrogens is 639 g/mol. The zero-order chi connectivity index (χ0) is 34.2. The van der Waals surface area contributed by atoms with Gasteiger partial charge in [0.15, 0.2) is 5.58 Å². The molecule has 11 rings (SSSR count). The molecule has 0 atom stereocenters. The summed E-state index contributed by atoms with van der Waals surface area (Å²) in [6.45, 7) is 0. The molecule has 0 unspecified atom stereocenters. The third-order valence-corrected chi connectivity index (χ3v) is 10.2. The molecule has 0 spiro atoms. The minimum atomic E-state index is 0.583. The summed E-state index contributed by atoms with van der Waals surface area (Å²) in [7, 11) is 0. The van der Waals surface area contributed by atoms with E-state index in [2.05, 4.69) is 137 Å². The van der Waals surface area contributed by atoms with Gasteiger partial charge in [0, 0.05) is 44.2 Å². The molecule has 0 saturated carbocycles. The molecule has 8 aromatic carbocycles. The van der Waals surface area contributed by atoms with Gasteiger partial charge < -0.3 is 18.3 Å². The molecule has 0 saturated heterocycles. The third kappa shape index (κ3) is 4.26. The fourth-order valence-corrected chi connectivity index (χ4v) is 7.91. The predicted octanol–water partition coefficient (Wildman–Crippen LogP) is 13.1. The monoisotopic (exact) mass is 667 g/mol. The van der Waals surface area contributed by atoms with Crippen molar-refractivity contribution >= 4 is 82.7 Å². The number of aromatic nitrogens is 2. The molecule has 0 aliphatic rings. The normalized spacial score (nSPS) is 11.8. The van der Waals surface area contributed by atoms with Crippen LogP contribution in [0.15, 0.2) is 185 Å². The average Bonchev–Trinajstić information content (AvgIpc) is 3.91. The van der Waals surface area contributed by atoms with E-state index in [0.29, 0.717) is 11.5 Å². The Balaban J connectivity index is 1.28. The van der Waals surface area contributed by atoms with Crippen LogP contribution in [0.4, 0.5) is 17.1 Å². The number of anilines is 3. The average molecular weight is 668 g/mol. The summed E-state index contributed by atoms with van der Waals surface area (Å²) < 4.78 is 15.6. The van der Waals surface area contributed by atoms with E-state index in [1.54, 1.807) is 0 Å². The van der Waals surface area contributed by atoms with Crippen molar-refractivity contribution in [2.75, 3.05) is 4.90 Å². The van der Waals surface area contributed by atoms with Gasteiger partial charge in [0.2, 0.25) is 5.89 Å². The van der Waals surface area contributed by atoms with E-state index in [9.17, 15) is 0 Å².